The van der Waals surface area contributed by atoms with E-state index >= 15 is 0 Å². The van der Waals surface area contributed by atoms with Gasteiger partial charge in [-0.1, -0.05) is 24.3 Å². The van der Waals surface area contributed by atoms with Gasteiger partial charge in [0.15, 0.2) is 5.78 Å². The average Bonchev–Trinajstić information content (AvgIpc) is 2.79. The van der Waals surface area contributed by atoms with Crippen LogP contribution in [0.25, 0.3) is 22.2 Å². The minimum absolute atomic E-state index is 0.0342. The van der Waals surface area contributed by atoms with Crippen LogP contribution in [0, 0.1) is 13.8 Å². The number of carbonyl (C=O) groups is 2. The zero-order valence-corrected chi connectivity index (χ0v) is 18.5. The van der Waals surface area contributed by atoms with Gasteiger partial charge in [-0.3, -0.25) is 9.59 Å². The molecule has 0 unspecified atom stereocenters. The molecule has 0 saturated carbocycles. The molecular formula is C26H24N4O2. The number of ketones is 1. The van der Waals surface area contributed by atoms with Crippen molar-refractivity contribution in [3.63, 3.8) is 0 Å². The summed E-state index contributed by atoms with van der Waals surface area (Å²) in [6.45, 7) is 5.63. The number of nitrogens with zero attached hydrogens (tertiary/aromatic N) is 2. The summed E-state index contributed by atoms with van der Waals surface area (Å²) in [4.78, 5) is 33.5. The largest absolute Gasteiger partial charge is 0.357 e. The summed E-state index contributed by atoms with van der Waals surface area (Å²) >= 11 is 0. The van der Waals surface area contributed by atoms with E-state index in [-0.39, 0.29) is 11.7 Å². The van der Waals surface area contributed by atoms with Crippen LogP contribution < -0.4 is 10.6 Å². The standard InChI is InChI=1S/C26H24N4O2/c1-15-12-22-23(13-16(15)2)29-26(27-4)30-24(22)20-6-5-7-21(14-20)28-25(32)19-10-8-18(9-11-19)17(3)31/h5-14H,1-4H3,(H,28,32)(H,27,29,30). The Kier molecular flexibility index (Phi) is 5.69. The molecule has 0 aliphatic rings. The number of aryl methyl sites for hydroxylation is 2. The number of fused-ring (bicyclic) bond motifs is 1. The third-order valence-electron chi connectivity index (χ3n) is 5.48. The molecule has 4 aromatic rings. The van der Waals surface area contributed by atoms with Crippen molar-refractivity contribution < 1.29 is 9.59 Å². The lowest BCUT2D eigenvalue weighted by Gasteiger charge is -2.12. The summed E-state index contributed by atoms with van der Waals surface area (Å²) in [6.07, 6.45) is 0. The topological polar surface area (TPSA) is 84.0 Å². The van der Waals surface area contributed by atoms with E-state index in [0.717, 1.165) is 27.7 Å². The lowest BCUT2D eigenvalue weighted by Crippen LogP contribution is -2.12. The second-order valence-corrected chi connectivity index (χ2v) is 7.77. The molecule has 0 bridgehead atoms. The number of anilines is 2. The maximum absolute atomic E-state index is 12.7. The number of rotatable bonds is 5. The first kappa shape index (κ1) is 21.2. The van der Waals surface area contributed by atoms with Gasteiger partial charge in [0.05, 0.1) is 11.2 Å². The highest BCUT2D eigenvalue weighted by Gasteiger charge is 2.13. The number of hydrogen-bond acceptors (Lipinski definition) is 5. The van der Waals surface area contributed by atoms with Crippen molar-refractivity contribution in [2.24, 2.45) is 0 Å². The Morgan fingerprint density at radius 1 is 0.844 bits per heavy atom. The molecule has 1 amide bonds. The predicted octanol–water partition coefficient (Wildman–Crippen LogP) is 5.41. The van der Waals surface area contributed by atoms with Gasteiger partial charge in [-0.25, -0.2) is 9.97 Å². The molecule has 2 N–H and O–H groups in total. The average molecular weight is 425 g/mol. The second-order valence-electron chi connectivity index (χ2n) is 7.77. The summed E-state index contributed by atoms with van der Waals surface area (Å²) in [5.41, 5.74) is 6.58. The van der Waals surface area contributed by atoms with E-state index in [1.807, 2.05) is 24.3 Å². The molecule has 1 aromatic heterocycles. The third-order valence-corrected chi connectivity index (χ3v) is 5.48. The number of Topliss-reactive ketones (excluding diaryl/α,β-unsaturated/α-hetero) is 1. The van der Waals surface area contributed by atoms with Crippen molar-refractivity contribution in [2.45, 2.75) is 20.8 Å². The fraction of sp³-hybridized carbons (Fsp3) is 0.154. The Morgan fingerprint density at radius 2 is 1.53 bits per heavy atom. The van der Waals surface area contributed by atoms with E-state index in [4.69, 9.17) is 4.98 Å². The molecule has 4 rings (SSSR count). The second kappa shape index (κ2) is 8.59. The Bertz CT molecular complexity index is 1340. The quantitative estimate of drug-likeness (QED) is 0.419. The van der Waals surface area contributed by atoms with Gasteiger partial charge in [-0.15, -0.1) is 0 Å². The molecule has 0 atom stereocenters. The van der Waals surface area contributed by atoms with E-state index < -0.39 is 0 Å². The molecule has 0 spiro atoms. The highest BCUT2D eigenvalue weighted by molar-refractivity contribution is 6.05. The van der Waals surface area contributed by atoms with Gasteiger partial charge >= 0.3 is 0 Å². The molecule has 6 nitrogen and oxygen atoms in total. The van der Waals surface area contributed by atoms with Gasteiger partial charge < -0.3 is 10.6 Å². The first-order valence-corrected chi connectivity index (χ1v) is 10.4. The Hall–Kier alpha value is -4.06. The highest BCUT2D eigenvalue weighted by atomic mass is 16.1. The molecule has 3 aromatic carbocycles. The van der Waals surface area contributed by atoms with Crippen LogP contribution in [-0.2, 0) is 0 Å². The summed E-state index contributed by atoms with van der Waals surface area (Å²) in [5.74, 6) is 0.260. The molecular weight excluding hydrogens is 400 g/mol. The van der Waals surface area contributed by atoms with Crippen molar-refractivity contribution in [2.75, 3.05) is 17.7 Å². The van der Waals surface area contributed by atoms with Crippen molar-refractivity contribution >= 4 is 34.2 Å². The maximum Gasteiger partial charge on any atom is 0.255 e. The normalized spacial score (nSPS) is 10.8. The van der Waals surface area contributed by atoms with E-state index in [1.165, 1.54) is 12.5 Å². The summed E-state index contributed by atoms with van der Waals surface area (Å²) in [5, 5.41) is 6.91. The van der Waals surface area contributed by atoms with E-state index in [1.54, 1.807) is 31.3 Å². The van der Waals surface area contributed by atoms with Gasteiger partial charge in [0.25, 0.3) is 5.91 Å². The van der Waals surface area contributed by atoms with Crippen LogP contribution in [0.1, 0.15) is 38.8 Å². The number of nitrogens with one attached hydrogen (secondary N) is 2. The molecule has 32 heavy (non-hydrogen) atoms. The predicted molar refractivity (Wildman–Crippen MR) is 128 cm³/mol. The number of benzene rings is 3. The summed E-state index contributed by atoms with van der Waals surface area (Å²) < 4.78 is 0. The lowest BCUT2D eigenvalue weighted by atomic mass is 10.0. The Morgan fingerprint density at radius 3 is 2.22 bits per heavy atom. The van der Waals surface area contributed by atoms with Gasteiger partial charge in [0.2, 0.25) is 5.95 Å². The third kappa shape index (κ3) is 4.21. The van der Waals surface area contributed by atoms with Crippen LogP contribution in [-0.4, -0.2) is 28.7 Å². The zero-order valence-electron chi connectivity index (χ0n) is 18.5. The zero-order chi connectivity index (χ0) is 22.8. The van der Waals surface area contributed by atoms with Crippen LogP contribution in [0.5, 0.6) is 0 Å². The van der Waals surface area contributed by atoms with Crippen molar-refractivity contribution in [3.8, 4) is 11.3 Å². The van der Waals surface area contributed by atoms with Gasteiger partial charge in [-0.2, -0.15) is 0 Å². The Balaban J connectivity index is 1.70. The smallest absolute Gasteiger partial charge is 0.255 e. The van der Waals surface area contributed by atoms with Gasteiger partial charge in [-0.05, 0) is 68.3 Å². The van der Waals surface area contributed by atoms with Crippen molar-refractivity contribution in [3.05, 3.63) is 82.9 Å². The van der Waals surface area contributed by atoms with Gasteiger partial charge in [0, 0.05) is 34.8 Å². The highest BCUT2D eigenvalue weighted by Crippen LogP contribution is 2.30. The van der Waals surface area contributed by atoms with Crippen LogP contribution in [0.4, 0.5) is 11.6 Å². The molecule has 1 heterocycles. The molecule has 0 aliphatic carbocycles. The molecule has 160 valence electrons. The fourth-order valence-electron chi connectivity index (χ4n) is 3.52. The Labute approximate surface area is 186 Å². The van der Waals surface area contributed by atoms with Gasteiger partial charge in [0.1, 0.15) is 0 Å². The van der Waals surface area contributed by atoms with E-state index in [9.17, 15) is 9.59 Å². The summed E-state index contributed by atoms with van der Waals surface area (Å²) in [6, 6.07) is 18.4. The molecule has 0 saturated heterocycles. The first-order valence-electron chi connectivity index (χ1n) is 10.4. The molecule has 0 radical (unpaired) electrons. The fourth-order valence-corrected chi connectivity index (χ4v) is 3.52. The monoisotopic (exact) mass is 424 g/mol. The maximum atomic E-state index is 12.7. The number of carbonyl (C=O) groups excluding carboxylic acids is 2. The van der Waals surface area contributed by atoms with Crippen LogP contribution in [0.3, 0.4) is 0 Å². The lowest BCUT2D eigenvalue weighted by molar-refractivity contribution is 0.101. The number of hydrogen-bond donors (Lipinski definition) is 2. The SMILES string of the molecule is CNc1nc(-c2cccc(NC(=O)c3ccc(C(C)=O)cc3)c2)c2cc(C)c(C)cc2n1. The van der Waals surface area contributed by atoms with Crippen molar-refractivity contribution in [1.29, 1.82) is 0 Å². The van der Waals surface area contributed by atoms with Crippen LogP contribution in [0.2, 0.25) is 0 Å². The number of amides is 1. The molecule has 6 heteroatoms. The van der Waals surface area contributed by atoms with E-state index in [2.05, 4.69) is 41.6 Å². The summed E-state index contributed by atoms with van der Waals surface area (Å²) in [7, 11) is 1.79. The van der Waals surface area contributed by atoms with Crippen molar-refractivity contribution in [1.82, 2.24) is 9.97 Å². The number of aromatic nitrogens is 2. The molecule has 0 fully saturated rings. The minimum atomic E-state index is -0.243. The molecule has 0 aliphatic heterocycles. The van der Waals surface area contributed by atoms with E-state index in [0.29, 0.717) is 22.8 Å². The van der Waals surface area contributed by atoms with Crippen LogP contribution in [0.15, 0.2) is 60.7 Å². The van der Waals surface area contributed by atoms with Crippen LogP contribution >= 0.6 is 0 Å². The first-order chi connectivity index (χ1) is 15.4. The minimum Gasteiger partial charge on any atom is -0.357 e.